The third-order valence-electron chi connectivity index (χ3n) is 4.77. The molecule has 3 N–H and O–H groups in total. The Hall–Kier alpha value is -1.81. The first-order chi connectivity index (χ1) is 10.6. The summed E-state index contributed by atoms with van der Waals surface area (Å²) in [6, 6.07) is 6.20. The highest BCUT2D eigenvalue weighted by molar-refractivity contribution is 5.90. The Morgan fingerprint density at radius 2 is 2.09 bits per heavy atom. The molecule has 4 nitrogen and oxygen atoms in total. The van der Waals surface area contributed by atoms with E-state index < -0.39 is 5.60 Å². The molecule has 118 valence electrons. The van der Waals surface area contributed by atoms with Gasteiger partial charge >= 0.3 is 0 Å². The predicted octanol–water partition coefficient (Wildman–Crippen LogP) is 2.69. The van der Waals surface area contributed by atoms with Gasteiger partial charge in [0, 0.05) is 23.6 Å². The molecule has 22 heavy (non-hydrogen) atoms. The van der Waals surface area contributed by atoms with Gasteiger partial charge in [0.25, 0.3) is 0 Å². The highest BCUT2D eigenvalue weighted by Crippen LogP contribution is 2.28. The van der Waals surface area contributed by atoms with Gasteiger partial charge in [-0.2, -0.15) is 0 Å². The van der Waals surface area contributed by atoms with Crippen molar-refractivity contribution < 1.29 is 9.90 Å². The van der Waals surface area contributed by atoms with E-state index in [-0.39, 0.29) is 5.91 Å². The van der Waals surface area contributed by atoms with Crippen molar-refractivity contribution in [3.05, 3.63) is 35.5 Å². The Kier molecular flexibility index (Phi) is 4.21. The van der Waals surface area contributed by atoms with Crippen LogP contribution in [0.1, 0.15) is 43.7 Å². The third kappa shape index (κ3) is 3.02. The number of hydrogen-bond donors (Lipinski definition) is 3. The molecule has 0 bridgehead atoms. The molecule has 1 aliphatic carbocycles. The van der Waals surface area contributed by atoms with Gasteiger partial charge in [-0.1, -0.05) is 38.0 Å². The fraction of sp³-hybridized carbons (Fsp3) is 0.500. The quantitative estimate of drug-likeness (QED) is 0.795. The van der Waals surface area contributed by atoms with E-state index in [0.717, 1.165) is 48.6 Å². The number of fused-ring (bicyclic) bond motifs is 1. The van der Waals surface area contributed by atoms with E-state index in [2.05, 4.69) is 29.4 Å². The Labute approximate surface area is 130 Å². The standard InChI is InChI=1S/C18H24N2O2/c1-2-13-6-5-7-15-14(11-19-17(13)15)10-16(21)20-12-18(22)8-3-4-9-18/h5-7,11,19,22H,2-4,8-10,12H2,1H3,(H,20,21). The minimum atomic E-state index is -0.689. The lowest BCUT2D eigenvalue weighted by atomic mass is 10.0. The highest BCUT2D eigenvalue weighted by Gasteiger charge is 2.31. The molecular weight excluding hydrogens is 276 g/mol. The van der Waals surface area contributed by atoms with Crippen molar-refractivity contribution in [1.82, 2.24) is 10.3 Å². The number of rotatable bonds is 5. The van der Waals surface area contributed by atoms with Crippen LogP contribution in [0.2, 0.25) is 0 Å². The third-order valence-corrected chi connectivity index (χ3v) is 4.77. The first-order valence-corrected chi connectivity index (χ1v) is 8.18. The van der Waals surface area contributed by atoms with Gasteiger partial charge in [0.1, 0.15) is 0 Å². The Morgan fingerprint density at radius 3 is 2.82 bits per heavy atom. The van der Waals surface area contributed by atoms with Crippen molar-refractivity contribution in [2.45, 2.75) is 51.0 Å². The maximum Gasteiger partial charge on any atom is 0.224 e. The molecule has 3 rings (SSSR count). The number of aliphatic hydroxyl groups is 1. The summed E-state index contributed by atoms with van der Waals surface area (Å²) in [5.41, 5.74) is 2.72. The topological polar surface area (TPSA) is 65.1 Å². The van der Waals surface area contributed by atoms with Gasteiger partial charge in [0.05, 0.1) is 12.0 Å². The van der Waals surface area contributed by atoms with Crippen LogP contribution in [0.5, 0.6) is 0 Å². The van der Waals surface area contributed by atoms with Crippen molar-refractivity contribution in [2.24, 2.45) is 0 Å². The second-order valence-corrected chi connectivity index (χ2v) is 6.39. The number of nitrogens with one attached hydrogen (secondary N) is 2. The van der Waals surface area contributed by atoms with Crippen LogP contribution < -0.4 is 5.32 Å². The van der Waals surface area contributed by atoms with E-state index in [1.54, 1.807) is 0 Å². The number of aromatic amines is 1. The molecule has 0 radical (unpaired) electrons. The van der Waals surface area contributed by atoms with Crippen LogP contribution in [0, 0.1) is 0 Å². The molecule has 1 saturated carbocycles. The number of aromatic nitrogens is 1. The molecule has 1 fully saturated rings. The molecule has 1 aromatic heterocycles. The van der Waals surface area contributed by atoms with Gasteiger partial charge in [-0.3, -0.25) is 4.79 Å². The Morgan fingerprint density at radius 1 is 1.32 bits per heavy atom. The minimum Gasteiger partial charge on any atom is -0.388 e. The molecule has 0 saturated heterocycles. The summed E-state index contributed by atoms with van der Waals surface area (Å²) in [5.74, 6) is -0.0249. The summed E-state index contributed by atoms with van der Waals surface area (Å²) in [5, 5.41) is 14.3. The fourth-order valence-corrected chi connectivity index (χ4v) is 3.42. The molecule has 2 aromatic rings. The second-order valence-electron chi connectivity index (χ2n) is 6.39. The zero-order chi connectivity index (χ0) is 15.6. The van der Waals surface area contributed by atoms with Gasteiger partial charge in [-0.05, 0) is 30.4 Å². The SMILES string of the molecule is CCc1cccc2c(CC(=O)NCC3(O)CCCC3)c[nH]c12. The number of benzene rings is 1. The normalized spacial score (nSPS) is 17.0. The molecule has 4 heteroatoms. The summed E-state index contributed by atoms with van der Waals surface area (Å²) >= 11 is 0. The number of hydrogen-bond acceptors (Lipinski definition) is 2. The van der Waals surface area contributed by atoms with E-state index >= 15 is 0 Å². The van der Waals surface area contributed by atoms with Crippen LogP contribution in [0.4, 0.5) is 0 Å². The smallest absolute Gasteiger partial charge is 0.224 e. The molecule has 0 spiro atoms. The Bertz CT molecular complexity index is 669. The first kappa shape index (κ1) is 15.1. The number of carbonyl (C=O) groups excluding carboxylic acids is 1. The van der Waals surface area contributed by atoms with Crippen molar-refractivity contribution in [2.75, 3.05) is 6.54 Å². The Balaban J connectivity index is 1.66. The van der Waals surface area contributed by atoms with Crippen LogP contribution in [-0.2, 0) is 17.6 Å². The lowest BCUT2D eigenvalue weighted by molar-refractivity contribution is -0.121. The van der Waals surface area contributed by atoms with Gasteiger partial charge in [0.15, 0.2) is 0 Å². The zero-order valence-corrected chi connectivity index (χ0v) is 13.1. The molecule has 1 aromatic carbocycles. The van der Waals surface area contributed by atoms with E-state index in [9.17, 15) is 9.90 Å². The summed E-state index contributed by atoms with van der Waals surface area (Å²) in [6.07, 6.45) is 6.93. The van der Waals surface area contributed by atoms with Gasteiger partial charge in [-0.25, -0.2) is 0 Å². The number of H-pyrrole nitrogens is 1. The maximum absolute atomic E-state index is 12.2. The zero-order valence-electron chi connectivity index (χ0n) is 13.1. The molecule has 1 aliphatic rings. The van der Waals surface area contributed by atoms with E-state index in [4.69, 9.17) is 0 Å². The number of para-hydroxylation sites is 1. The molecule has 0 aliphatic heterocycles. The fourth-order valence-electron chi connectivity index (χ4n) is 3.42. The van der Waals surface area contributed by atoms with Gasteiger partial charge < -0.3 is 15.4 Å². The minimum absolute atomic E-state index is 0.0249. The molecular formula is C18H24N2O2. The second kappa shape index (κ2) is 6.13. The van der Waals surface area contributed by atoms with E-state index in [1.807, 2.05) is 12.3 Å². The monoisotopic (exact) mass is 300 g/mol. The van der Waals surface area contributed by atoms with Crippen LogP contribution >= 0.6 is 0 Å². The van der Waals surface area contributed by atoms with Crippen LogP contribution in [0.25, 0.3) is 10.9 Å². The molecule has 1 amide bonds. The van der Waals surface area contributed by atoms with Crippen molar-refractivity contribution >= 4 is 16.8 Å². The summed E-state index contributed by atoms with van der Waals surface area (Å²) < 4.78 is 0. The lowest BCUT2D eigenvalue weighted by Gasteiger charge is -2.22. The highest BCUT2D eigenvalue weighted by atomic mass is 16.3. The van der Waals surface area contributed by atoms with Gasteiger partial charge in [0.2, 0.25) is 5.91 Å². The van der Waals surface area contributed by atoms with Crippen molar-refractivity contribution in [3.8, 4) is 0 Å². The average Bonchev–Trinajstić information content (AvgIpc) is 3.13. The summed E-state index contributed by atoms with van der Waals surface area (Å²) in [4.78, 5) is 15.5. The number of aryl methyl sites for hydroxylation is 1. The lowest BCUT2D eigenvalue weighted by Crippen LogP contribution is -2.41. The van der Waals surface area contributed by atoms with Crippen LogP contribution in [0.15, 0.2) is 24.4 Å². The molecule has 0 atom stereocenters. The summed E-state index contributed by atoms with van der Waals surface area (Å²) in [6.45, 7) is 2.50. The van der Waals surface area contributed by atoms with E-state index in [0.29, 0.717) is 13.0 Å². The van der Waals surface area contributed by atoms with Crippen molar-refractivity contribution in [3.63, 3.8) is 0 Å². The van der Waals surface area contributed by atoms with E-state index in [1.165, 1.54) is 5.56 Å². The van der Waals surface area contributed by atoms with Crippen molar-refractivity contribution in [1.29, 1.82) is 0 Å². The summed E-state index contributed by atoms with van der Waals surface area (Å²) in [7, 11) is 0. The van der Waals surface area contributed by atoms with Gasteiger partial charge in [-0.15, -0.1) is 0 Å². The van der Waals surface area contributed by atoms with Crippen LogP contribution in [0.3, 0.4) is 0 Å². The van der Waals surface area contributed by atoms with Crippen LogP contribution in [-0.4, -0.2) is 28.1 Å². The maximum atomic E-state index is 12.2. The predicted molar refractivity (Wildman–Crippen MR) is 87.8 cm³/mol. The number of amides is 1. The average molecular weight is 300 g/mol. The first-order valence-electron chi connectivity index (χ1n) is 8.18. The molecule has 0 unspecified atom stereocenters. The molecule has 1 heterocycles. The largest absolute Gasteiger partial charge is 0.388 e. The number of carbonyl (C=O) groups is 1.